The molecule has 8 nitrogen and oxygen atoms in total. The third-order valence-corrected chi connectivity index (χ3v) is 4.51. The molecule has 1 fully saturated rings. The van der Waals surface area contributed by atoms with Gasteiger partial charge in [-0.3, -0.25) is 19.2 Å². The number of carbonyl (C=O) groups is 4. The molecule has 1 aliphatic rings. The van der Waals surface area contributed by atoms with Gasteiger partial charge < -0.3 is 20.4 Å². The van der Waals surface area contributed by atoms with E-state index in [1.54, 1.807) is 36.4 Å². The van der Waals surface area contributed by atoms with Gasteiger partial charge >= 0.3 is 11.8 Å². The van der Waals surface area contributed by atoms with Crippen LogP contribution < -0.4 is 10.6 Å². The maximum atomic E-state index is 13.0. The van der Waals surface area contributed by atoms with Crippen molar-refractivity contribution in [3.8, 4) is 0 Å². The van der Waals surface area contributed by atoms with Gasteiger partial charge in [0.25, 0.3) is 0 Å². The fraction of sp³-hybridized carbons (Fsp3) is 0.238. The van der Waals surface area contributed by atoms with Gasteiger partial charge in [0, 0.05) is 37.9 Å². The van der Waals surface area contributed by atoms with Crippen molar-refractivity contribution in [2.45, 2.75) is 13.5 Å². The van der Waals surface area contributed by atoms with Gasteiger partial charge in [0.05, 0.1) is 0 Å². The molecule has 2 N–H and O–H groups in total. The number of hydrogen-bond acceptors (Lipinski definition) is 4. The molecule has 0 atom stereocenters. The second-order valence-corrected chi connectivity index (χ2v) is 6.89. The van der Waals surface area contributed by atoms with Crippen molar-refractivity contribution in [1.82, 2.24) is 9.80 Å². The molecule has 156 valence electrons. The van der Waals surface area contributed by atoms with Crippen LogP contribution >= 0.6 is 0 Å². The molecule has 3 rings (SSSR count). The van der Waals surface area contributed by atoms with E-state index < -0.39 is 17.7 Å². The van der Waals surface area contributed by atoms with E-state index in [9.17, 15) is 23.6 Å². The molecule has 0 unspecified atom stereocenters. The predicted octanol–water partition coefficient (Wildman–Crippen LogP) is 1.59. The van der Waals surface area contributed by atoms with Crippen LogP contribution in [0.4, 0.5) is 15.8 Å². The lowest BCUT2D eigenvalue weighted by Crippen LogP contribution is -2.55. The number of piperazine rings is 1. The maximum absolute atomic E-state index is 13.0. The molecular formula is C21H21FN4O4. The van der Waals surface area contributed by atoms with Gasteiger partial charge in [0.15, 0.2) is 0 Å². The number of carbonyl (C=O) groups excluding carboxylic acids is 4. The monoisotopic (exact) mass is 412 g/mol. The largest absolute Gasteiger partial charge is 0.328 e. The van der Waals surface area contributed by atoms with E-state index in [-0.39, 0.29) is 37.9 Å². The number of halogens is 1. The molecule has 0 radical (unpaired) electrons. The molecule has 0 saturated carbocycles. The molecule has 9 heteroatoms. The average molecular weight is 412 g/mol. The smallest absolute Gasteiger partial charge is 0.312 e. The van der Waals surface area contributed by atoms with E-state index in [1.165, 1.54) is 28.9 Å². The van der Waals surface area contributed by atoms with Crippen LogP contribution in [0.5, 0.6) is 0 Å². The summed E-state index contributed by atoms with van der Waals surface area (Å²) in [7, 11) is 0. The zero-order valence-electron chi connectivity index (χ0n) is 16.4. The summed E-state index contributed by atoms with van der Waals surface area (Å²) >= 11 is 0. The topological polar surface area (TPSA) is 98.8 Å². The first-order valence-electron chi connectivity index (χ1n) is 9.32. The molecule has 30 heavy (non-hydrogen) atoms. The molecule has 0 aromatic heterocycles. The normalized spacial score (nSPS) is 13.9. The van der Waals surface area contributed by atoms with E-state index >= 15 is 0 Å². The van der Waals surface area contributed by atoms with E-state index in [2.05, 4.69) is 10.6 Å². The van der Waals surface area contributed by atoms with Crippen LogP contribution in [-0.2, 0) is 25.7 Å². The Kier molecular flexibility index (Phi) is 6.41. The van der Waals surface area contributed by atoms with Crippen molar-refractivity contribution in [3.05, 3.63) is 59.9 Å². The maximum Gasteiger partial charge on any atom is 0.312 e. The summed E-state index contributed by atoms with van der Waals surface area (Å²) < 4.78 is 13.0. The number of nitrogens with one attached hydrogen (secondary N) is 2. The van der Waals surface area contributed by atoms with Gasteiger partial charge in [-0.15, -0.1) is 0 Å². The van der Waals surface area contributed by atoms with Gasteiger partial charge in [-0.05, 0) is 42.0 Å². The molecule has 0 spiro atoms. The van der Waals surface area contributed by atoms with E-state index in [0.717, 1.165) is 0 Å². The second kappa shape index (κ2) is 9.17. The summed E-state index contributed by atoms with van der Waals surface area (Å²) in [5, 5.41) is 5.28. The van der Waals surface area contributed by atoms with Crippen LogP contribution in [0, 0.1) is 5.82 Å². The first kappa shape index (κ1) is 21.0. The highest BCUT2D eigenvalue weighted by molar-refractivity contribution is 6.35. The lowest BCUT2D eigenvalue weighted by atomic mass is 10.2. The highest BCUT2D eigenvalue weighted by Crippen LogP contribution is 2.15. The Labute approximate surface area is 172 Å². The Morgan fingerprint density at radius 1 is 0.867 bits per heavy atom. The van der Waals surface area contributed by atoms with E-state index in [0.29, 0.717) is 16.9 Å². The fourth-order valence-electron chi connectivity index (χ4n) is 3.04. The minimum Gasteiger partial charge on any atom is -0.328 e. The van der Waals surface area contributed by atoms with Crippen LogP contribution in [0.3, 0.4) is 0 Å². The Morgan fingerprint density at radius 2 is 1.40 bits per heavy atom. The number of rotatable bonds is 6. The lowest BCUT2D eigenvalue weighted by Gasteiger charge is -2.33. The minimum atomic E-state index is -0.750. The molecule has 2 aromatic rings. The Morgan fingerprint density at radius 3 is 2.00 bits per heavy atom. The van der Waals surface area contributed by atoms with Crippen molar-refractivity contribution < 1.29 is 23.6 Å². The fourth-order valence-corrected chi connectivity index (χ4v) is 3.04. The van der Waals surface area contributed by atoms with E-state index in [1.807, 2.05) is 0 Å². The number of hydrogen-bond donors (Lipinski definition) is 2. The summed E-state index contributed by atoms with van der Waals surface area (Å²) in [6, 6.07) is 12.2. The molecule has 4 amide bonds. The van der Waals surface area contributed by atoms with Crippen molar-refractivity contribution in [2.75, 3.05) is 30.3 Å². The summed E-state index contributed by atoms with van der Waals surface area (Å²) in [6.45, 7) is 1.85. The van der Waals surface area contributed by atoms with E-state index in [4.69, 9.17) is 0 Å². The van der Waals surface area contributed by atoms with Crippen molar-refractivity contribution in [2.24, 2.45) is 0 Å². The average Bonchev–Trinajstić information content (AvgIpc) is 2.70. The third-order valence-electron chi connectivity index (χ3n) is 4.51. The minimum absolute atomic E-state index is 0.200. The summed E-state index contributed by atoms with van der Waals surface area (Å²) in [4.78, 5) is 50.6. The standard InChI is InChI=1S/C21H21FN4O4/c1-14(27)23-17-6-8-18(9-7-17)24-19(28)13-26-11-10-25(20(29)21(26)30)12-15-2-4-16(22)5-3-15/h2-9H,10-13H2,1H3,(H,23,27)(H,24,28). The van der Waals surface area contributed by atoms with Crippen LogP contribution in [0.2, 0.25) is 0 Å². The van der Waals surface area contributed by atoms with Crippen LogP contribution in [0.1, 0.15) is 12.5 Å². The van der Waals surface area contributed by atoms with Crippen LogP contribution in [0.25, 0.3) is 0 Å². The zero-order chi connectivity index (χ0) is 21.7. The highest BCUT2D eigenvalue weighted by Gasteiger charge is 2.33. The van der Waals surface area contributed by atoms with Gasteiger partial charge in [0.1, 0.15) is 12.4 Å². The van der Waals surface area contributed by atoms with Crippen molar-refractivity contribution in [1.29, 1.82) is 0 Å². The van der Waals surface area contributed by atoms with Crippen LogP contribution in [0.15, 0.2) is 48.5 Å². The lowest BCUT2D eigenvalue weighted by molar-refractivity contribution is -0.157. The first-order valence-corrected chi connectivity index (χ1v) is 9.32. The van der Waals surface area contributed by atoms with Gasteiger partial charge in [-0.2, -0.15) is 0 Å². The van der Waals surface area contributed by atoms with Gasteiger partial charge in [0.2, 0.25) is 11.8 Å². The van der Waals surface area contributed by atoms with Crippen molar-refractivity contribution >= 4 is 35.0 Å². The van der Waals surface area contributed by atoms with Gasteiger partial charge in [-0.1, -0.05) is 12.1 Å². The first-order chi connectivity index (χ1) is 14.3. The Hall–Kier alpha value is -3.75. The molecule has 0 aliphatic carbocycles. The summed E-state index contributed by atoms with van der Waals surface area (Å²) in [5.41, 5.74) is 1.81. The molecule has 1 saturated heterocycles. The number of amides is 4. The molecule has 2 aromatic carbocycles. The highest BCUT2D eigenvalue weighted by atomic mass is 19.1. The van der Waals surface area contributed by atoms with Gasteiger partial charge in [-0.25, -0.2) is 4.39 Å². The summed E-state index contributed by atoms with van der Waals surface area (Å²) in [5.74, 6) is -2.46. The predicted molar refractivity (Wildman–Crippen MR) is 108 cm³/mol. The molecule has 0 bridgehead atoms. The number of benzene rings is 2. The number of anilines is 2. The third kappa shape index (κ3) is 5.40. The number of nitrogens with zero attached hydrogens (tertiary/aromatic N) is 2. The second-order valence-electron chi connectivity index (χ2n) is 6.89. The molecule has 1 heterocycles. The SMILES string of the molecule is CC(=O)Nc1ccc(NC(=O)CN2CCN(Cc3ccc(F)cc3)C(=O)C2=O)cc1. The van der Waals surface area contributed by atoms with Crippen molar-refractivity contribution in [3.63, 3.8) is 0 Å². The Balaban J connectivity index is 1.53. The Bertz CT molecular complexity index is 960. The molecule has 1 aliphatic heterocycles. The van der Waals surface area contributed by atoms with Crippen LogP contribution in [-0.4, -0.2) is 53.1 Å². The molecular weight excluding hydrogens is 391 g/mol. The summed E-state index contributed by atoms with van der Waals surface area (Å²) in [6.07, 6.45) is 0. The quantitative estimate of drug-likeness (QED) is 0.704. The zero-order valence-corrected chi connectivity index (χ0v) is 16.4.